The van der Waals surface area contributed by atoms with Crippen molar-refractivity contribution in [3.8, 4) is 5.69 Å². The molecule has 2 aromatic heterocycles. The Morgan fingerprint density at radius 2 is 1.65 bits per heavy atom. The van der Waals surface area contributed by atoms with Crippen LogP contribution in [0.1, 0.15) is 59.9 Å². The summed E-state index contributed by atoms with van der Waals surface area (Å²) in [7, 11) is 0. The van der Waals surface area contributed by atoms with E-state index >= 15 is 0 Å². The maximum atomic E-state index is 5.91. The number of benzene rings is 2. The van der Waals surface area contributed by atoms with E-state index in [2.05, 4.69) is 109 Å². The van der Waals surface area contributed by atoms with Gasteiger partial charge in [-0.3, -0.25) is 4.98 Å². The molecule has 0 unspecified atom stereocenters. The van der Waals surface area contributed by atoms with Gasteiger partial charge in [0.05, 0.1) is 11.7 Å². The fraction of sp³-hybridized carbons (Fsp3) is 0.241. The Morgan fingerprint density at radius 1 is 0.882 bits per heavy atom. The first-order chi connectivity index (χ1) is 16.4. The lowest BCUT2D eigenvalue weighted by atomic mass is 9.99. The highest BCUT2D eigenvalue weighted by Crippen LogP contribution is 2.42. The molecule has 0 radical (unpaired) electrons. The quantitative estimate of drug-likeness (QED) is 0.328. The summed E-state index contributed by atoms with van der Waals surface area (Å²) in [4.78, 5) is 6.93. The fourth-order valence-corrected chi connectivity index (χ4v) is 5.04. The minimum Gasteiger partial charge on any atom is -0.351 e. The third-order valence-electron chi connectivity index (χ3n) is 6.79. The van der Waals surface area contributed by atoms with Crippen LogP contribution in [-0.4, -0.2) is 14.7 Å². The van der Waals surface area contributed by atoms with Crippen LogP contribution in [0.5, 0.6) is 0 Å². The van der Waals surface area contributed by atoms with Gasteiger partial charge in [0.15, 0.2) is 5.11 Å². The summed E-state index contributed by atoms with van der Waals surface area (Å²) in [5.74, 6) is 0.483. The summed E-state index contributed by atoms with van der Waals surface area (Å²) in [5, 5.41) is 4.29. The number of nitrogens with one attached hydrogen (secondary N) is 1. The van der Waals surface area contributed by atoms with Gasteiger partial charge in [0.2, 0.25) is 0 Å². The Kier molecular flexibility index (Phi) is 5.96. The van der Waals surface area contributed by atoms with E-state index < -0.39 is 0 Å². The van der Waals surface area contributed by atoms with Gasteiger partial charge in [-0.1, -0.05) is 38.1 Å². The van der Waals surface area contributed by atoms with Crippen LogP contribution >= 0.6 is 12.2 Å². The van der Waals surface area contributed by atoms with Crippen molar-refractivity contribution >= 4 is 23.0 Å². The van der Waals surface area contributed by atoms with Crippen LogP contribution < -0.4 is 10.2 Å². The predicted octanol–water partition coefficient (Wildman–Crippen LogP) is 6.79. The number of rotatable bonds is 5. The monoisotopic (exact) mass is 466 g/mol. The maximum Gasteiger partial charge on any atom is 0.174 e. The Balaban J connectivity index is 1.64. The second kappa shape index (κ2) is 9.07. The normalized spacial score (nSPS) is 17.9. The van der Waals surface area contributed by atoms with Crippen molar-refractivity contribution in [2.45, 2.75) is 45.7 Å². The molecule has 3 heterocycles. The van der Waals surface area contributed by atoms with Crippen molar-refractivity contribution in [2.24, 2.45) is 0 Å². The van der Waals surface area contributed by atoms with E-state index in [1.165, 1.54) is 22.4 Å². The standard InChI is InChI=1S/C29H30N4S/c1-19(2)22-11-14-23(15-12-22)33-28(27(31-29(33)34)25-8-5-6-16-30-25)26-9-7-17-32(26)24-13-10-20(3)21(4)18-24/h5-19,27-28H,1-4H3,(H,31,34)/t27-,28+/m1/s1. The van der Waals surface area contributed by atoms with E-state index in [9.17, 15) is 0 Å². The van der Waals surface area contributed by atoms with Crippen molar-refractivity contribution in [3.05, 3.63) is 113 Å². The van der Waals surface area contributed by atoms with Crippen molar-refractivity contribution in [2.75, 3.05) is 4.90 Å². The van der Waals surface area contributed by atoms with Crippen LogP contribution in [0.15, 0.2) is 85.2 Å². The van der Waals surface area contributed by atoms with Crippen molar-refractivity contribution < 1.29 is 0 Å². The third kappa shape index (κ3) is 4.01. The van der Waals surface area contributed by atoms with E-state index in [1.54, 1.807) is 0 Å². The van der Waals surface area contributed by atoms with Gasteiger partial charge >= 0.3 is 0 Å². The first kappa shape index (κ1) is 22.4. The number of pyridine rings is 1. The molecule has 2 atom stereocenters. The average Bonchev–Trinajstić information content (AvgIpc) is 3.45. The third-order valence-corrected chi connectivity index (χ3v) is 7.10. The van der Waals surface area contributed by atoms with Gasteiger partial charge in [-0.15, -0.1) is 0 Å². The second-order valence-corrected chi connectivity index (χ2v) is 9.70. The van der Waals surface area contributed by atoms with E-state index in [1.807, 2.05) is 18.3 Å². The first-order valence-electron chi connectivity index (χ1n) is 11.8. The summed E-state index contributed by atoms with van der Waals surface area (Å²) in [6.07, 6.45) is 3.98. The highest BCUT2D eigenvalue weighted by molar-refractivity contribution is 7.80. The maximum absolute atomic E-state index is 5.91. The molecule has 34 heavy (non-hydrogen) atoms. The van der Waals surface area contributed by atoms with Gasteiger partial charge in [0, 0.05) is 29.5 Å². The van der Waals surface area contributed by atoms with E-state index in [-0.39, 0.29) is 12.1 Å². The topological polar surface area (TPSA) is 33.1 Å². The lowest BCUT2D eigenvalue weighted by molar-refractivity contribution is 0.549. The molecular formula is C29H30N4S. The predicted molar refractivity (Wildman–Crippen MR) is 144 cm³/mol. The van der Waals surface area contributed by atoms with Gasteiger partial charge in [-0.25, -0.2) is 0 Å². The van der Waals surface area contributed by atoms with Crippen LogP contribution in [-0.2, 0) is 0 Å². The summed E-state index contributed by atoms with van der Waals surface area (Å²) in [5.41, 5.74) is 8.26. The Morgan fingerprint density at radius 3 is 2.32 bits per heavy atom. The summed E-state index contributed by atoms with van der Waals surface area (Å²) in [6.45, 7) is 8.74. The molecule has 172 valence electrons. The van der Waals surface area contributed by atoms with Gasteiger partial charge in [0.25, 0.3) is 0 Å². The molecule has 1 fully saturated rings. The van der Waals surface area contributed by atoms with Crippen molar-refractivity contribution in [1.29, 1.82) is 0 Å². The number of hydrogen-bond acceptors (Lipinski definition) is 2. The molecule has 0 spiro atoms. The lowest BCUT2D eigenvalue weighted by Gasteiger charge is -2.29. The highest BCUT2D eigenvalue weighted by atomic mass is 32.1. The molecule has 0 bridgehead atoms. The van der Waals surface area contributed by atoms with Crippen LogP contribution in [0.4, 0.5) is 5.69 Å². The molecule has 0 amide bonds. The highest BCUT2D eigenvalue weighted by Gasteiger charge is 2.42. The van der Waals surface area contributed by atoms with Crippen molar-refractivity contribution in [1.82, 2.24) is 14.9 Å². The molecule has 5 rings (SSSR count). The zero-order valence-electron chi connectivity index (χ0n) is 20.1. The number of aromatic nitrogens is 2. The molecule has 2 aromatic carbocycles. The summed E-state index contributed by atoms with van der Waals surface area (Å²) >= 11 is 5.91. The van der Waals surface area contributed by atoms with Crippen LogP contribution in [0.25, 0.3) is 5.69 Å². The molecule has 4 aromatic rings. The minimum atomic E-state index is -0.0707. The molecular weight excluding hydrogens is 436 g/mol. The molecule has 1 N–H and O–H groups in total. The van der Waals surface area contributed by atoms with E-state index in [4.69, 9.17) is 17.2 Å². The van der Waals surface area contributed by atoms with Crippen LogP contribution in [0.3, 0.4) is 0 Å². The molecule has 5 heteroatoms. The molecule has 1 aliphatic rings. The minimum absolute atomic E-state index is 0.0519. The number of nitrogens with zero attached hydrogens (tertiary/aromatic N) is 3. The number of hydrogen-bond donors (Lipinski definition) is 1. The zero-order valence-corrected chi connectivity index (χ0v) is 20.9. The van der Waals surface area contributed by atoms with E-state index in [0.29, 0.717) is 11.0 Å². The SMILES string of the molecule is Cc1ccc(-n2cccc2[C@H]2[C@@H](c3ccccn3)NC(=S)N2c2ccc(C(C)C)cc2)cc1C. The van der Waals surface area contributed by atoms with Crippen LogP contribution in [0, 0.1) is 13.8 Å². The number of aryl methyl sites for hydroxylation is 2. The largest absolute Gasteiger partial charge is 0.351 e. The molecule has 4 nitrogen and oxygen atoms in total. The molecule has 0 aliphatic carbocycles. The van der Waals surface area contributed by atoms with Gasteiger partial charge in [-0.2, -0.15) is 0 Å². The Bertz CT molecular complexity index is 1310. The fourth-order valence-electron chi connectivity index (χ4n) is 4.70. The molecule has 1 saturated heterocycles. The van der Waals surface area contributed by atoms with Crippen molar-refractivity contribution in [3.63, 3.8) is 0 Å². The summed E-state index contributed by atoms with van der Waals surface area (Å²) in [6, 6.07) is 25.6. The molecule has 1 aliphatic heterocycles. The number of anilines is 1. The van der Waals surface area contributed by atoms with Gasteiger partial charge < -0.3 is 14.8 Å². The first-order valence-corrected chi connectivity index (χ1v) is 12.2. The second-order valence-electron chi connectivity index (χ2n) is 9.31. The lowest BCUT2D eigenvalue weighted by Crippen LogP contribution is -2.30. The number of thiocarbonyl (C=S) groups is 1. The average molecular weight is 467 g/mol. The Hall–Kier alpha value is -3.44. The molecule has 0 saturated carbocycles. The van der Waals surface area contributed by atoms with Gasteiger partial charge in [-0.05, 0) is 97.2 Å². The smallest absolute Gasteiger partial charge is 0.174 e. The Labute approximate surface area is 207 Å². The summed E-state index contributed by atoms with van der Waals surface area (Å²) < 4.78 is 2.28. The van der Waals surface area contributed by atoms with Crippen LogP contribution in [0.2, 0.25) is 0 Å². The van der Waals surface area contributed by atoms with E-state index in [0.717, 1.165) is 17.1 Å². The van der Waals surface area contributed by atoms with Gasteiger partial charge in [0.1, 0.15) is 6.04 Å². The zero-order chi connectivity index (χ0) is 23.8.